The van der Waals surface area contributed by atoms with Crippen LogP contribution in [0.1, 0.15) is 17.0 Å². The highest BCUT2D eigenvalue weighted by Gasteiger charge is 2.26. The molecule has 2 aromatic carbocycles. The van der Waals surface area contributed by atoms with Crippen LogP contribution >= 0.6 is 15.9 Å². The van der Waals surface area contributed by atoms with Gasteiger partial charge >= 0.3 is 0 Å². The van der Waals surface area contributed by atoms with Gasteiger partial charge in [0.1, 0.15) is 0 Å². The predicted octanol–water partition coefficient (Wildman–Crippen LogP) is 4.30. The number of nitrogens with zero attached hydrogens (tertiary/aromatic N) is 1. The summed E-state index contributed by atoms with van der Waals surface area (Å²) in [5.41, 5.74) is 4.37. The highest BCUT2D eigenvalue weighted by molar-refractivity contribution is 9.10. The first-order valence-electron chi connectivity index (χ1n) is 6.62. The quantitative estimate of drug-likeness (QED) is 0.816. The molecular weight excluding hydrogens is 330 g/mol. The molecule has 0 radical (unpaired) electrons. The Morgan fingerprint density at radius 3 is 2.48 bits per heavy atom. The van der Waals surface area contributed by atoms with Gasteiger partial charge in [-0.2, -0.15) is 5.26 Å². The lowest BCUT2D eigenvalue weighted by molar-refractivity contribution is 0.354. The molecule has 0 aliphatic heterocycles. The largest absolute Gasteiger partial charge is 0.493 e. The van der Waals surface area contributed by atoms with E-state index in [2.05, 4.69) is 28.1 Å². The van der Waals surface area contributed by atoms with Gasteiger partial charge in [-0.15, -0.1) is 0 Å². The van der Waals surface area contributed by atoms with E-state index < -0.39 is 0 Å². The molecular formula is C17H14BrNO2. The summed E-state index contributed by atoms with van der Waals surface area (Å²) in [7, 11) is 3.26. The summed E-state index contributed by atoms with van der Waals surface area (Å²) in [6, 6.07) is 12.4. The van der Waals surface area contributed by atoms with Gasteiger partial charge in [0.15, 0.2) is 11.5 Å². The van der Waals surface area contributed by atoms with Crippen molar-refractivity contribution < 1.29 is 9.47 Å². The fraction of sp³-hybridized carbons (Fsp3) is 0.235. The highest BCUT2D eigenvalue weighted by Crippen LogP contribution is 2.44. The average Bonchev–Trinajstić information content (AvgIpc) is 2.52. The smallest absolute Gasteiger partial charge is 0.161 e. The second-order valence-electron chi connectivity index (χ2n) is 4.98. The number of ether oxygens (including phenoxy) is 2. The SMILES string of the molecule is COc1cc2c(cc1OC)-c1cc(Br)ccc1[C@H](C#N)C2. The van der Waals surface area contributed by atoms with Crippen molar-refractivity contribution in [3.8, 4) is 28.7 Å². The van der Waals surface area contributed by atoms with Gasteiger partial charge in [0.25, 0.3) is 0 Å². The molecule has 0 spiro atoms. The first-order chi connectivity index (χ1) is 10.2. The minimum atomic E-state index is -0.126. The topological polar surface area (TPSA) is 42.2 Å². The predicted molar refractivity (Wildman–Crippen MR) is 84.7 cm³/mol. The Morgan fingerprint density at radius 2 is 1.81 bits per heavy atom. The summed E-state index contributed by atoms with van der Waals surface area (Å²) in [5.74, 6) is 1.28. The molecule has 0 fully saturated rings. The lowest BCUT2D eigenvalue weighted by atomic mass is 9.79. The summed E-state index contributed by atoms with van der Waals surface area (Å²) < 4.78 is 11.8. The number of fused-ring (bicyclic) bond motifs is 3. The van der Waals surface area contributed by atoms with Crippen LogP contribution in [-0.2, 0) is 6.42 Å². The number of rotatable bonds is 2. The van der Waals surface area contributed by atoms with Crippen LogP contribution in [0.2, 0.25) is 0 Å². The average molecular weight is 344 g/mol. The zero-order valence-electron chi connectivity index (χ0n) is 11.8. The van der Waals surface area contributed by atoms with E-state index in [1.54, 1.807) is 14.2 Å². The molecule has 106 valence electrons. The Balaban J connectivity index is 2.27. The van der Waals surface area contributed by atoms with Crippen LogP contribution < -0.4 is 9.47 Å². The van der Waals surface area contributed by atoms with Crippen molar-refractivity contribution >= 4 is 15.9 Å². The number of methoxy groups -OCH3 is 2. The van der Waals surface area contributed by atoms with E-state index in [0.717, 1.165) is 26.7 Å². The molecule has 4 heteroatoms. The number of hydrogen-bond donors (Lipinski definition) is 0. The van der Waals surface area contributed by atoms with Crippen molar-refractivity contribution in [1.82, 2.24) is 0 Å². The van der Waals surface area contributed by atoms with Gasteiger partial charge in [-0.25, -0.2) is 0 Å². The number of hydrogen-bond acceptors (Lipinski definition) is 3. The van der Waals surface area contributed by atoms with Crippen LogP contribution in [0.5, 0.6) is 11.5 Å². The molecule has 0 bridgehead atoms. The molecule has 0 saturated carbocycles. The third-order valence-electron chi connectivity index (χ3n) is 3.87. The van der Waals surface area contributed by atoms with E-state index in [-0.39, 0.29) is 5.92 Å². The van der Waals surface area contributed by atoms with E-state index in [1.807, 2.05) is 24.3 Å². The molecule has 3 rings (SSSR count). The second-order valence-corrected chi connectivity index (χ2v) is 5.90. The number of halogens is 1. The molecule has 0 saturated heterocycles. The lowest BCUT2D eigenvalue weighted by Crippen LogP contribution is -2.10. The molecule has 0 unspecified atom stereocenters. The van der Waals surface area contributed by atoms with Gasteiger partial charge < -0.3 is 9.47 Å². The van der Waals surface area contributed by atoms with Gasteiger partial charge in [0.05, 0.1) is 26.2 Å². The van der Waals surface area contributed by atoms with Crippen LogP contribution in [0.4, 0.5) is 0 Å². The molecule has 1 aliphatic rings. The van der Waals surface area contributed by atoms with E-state index in [4.69, 9.17) is 9.47 Å². The van der Waals surface area contributed by atoms with E-state index >= 15 is 0 Å². The van der Waals surface area contributed by atoms with Crippen molar-refractivity contribution in [2.24, 2.45) is 0 Å². The molecule has 1 atom stereocenters. The standard InChI is InChI=1S/C17H14BrNO2/c1-20-16-6-10-5-11(9-19)13-4-3-12(18)7-15(13)14(10)8-17(16)21-2/h3-4,6-8,11H,5H2,1-2H3/t11-/m0/s1. The van der Waals surface area contributed by atoms with Crippen molar-refractivity contribution in [1.29, 1.82) is 5.26 Å². The van der Waals surface area contributed by atoms with Crippen molar-refractivity contribution in [3.63, 3.8) is 0 Å². The van der Waals surface area contributed by atoms with E-state index in [1.165, 1.54) is 0 Å². The van der Waals surface area contributed by atoms with Gasteiger partial charge in [0, 0.05) is 4.47 Å². The first-order valence-corrected chi connectivity index (χ1v) is 7.41. The van der Waals surface area contributed by atoms with Gasteiger partial charge in [-0.3, -0.25) is 0 Å². The Hall–Kier alpha value is -1.99. The molecule has 2 aromatic rings. The molecule has 0 heterocycles. The monoisotopic (exact) mass is 343 g/mol. The van der Waals surface area contributed by atoms with Crippen LogP contribution in [0.25, 0.3) is 11.1 Å². The summed E-state index contributed by atoms with van der Waals surface area (Å²) in [6.45, 7) is 0. The fourth-order valence-electron chi connectivity index (χ4n) is 2.85. The molecule has 0 N–H and O–H groups in total. The van der Waals surface area contributed by atoms with E-state index in [0.29, 0.717) is 17.9 Å². The minimum Gasteiger partial charge on any atom is -0.493 e. The van der Waals surface area contributed by atoms with E-state index in [9.17, 15) is 5.26 Å². The summed E-state index contributed by atoms with van der Waals surface area (Å²) in [5, 5.41) is 9.44. The van der Waals surface area contributed by atoms with Crippen molar-refractivity contribution in [3.05, 3.63) is 45.9 Å². The zero-order chi connectivity index (χ0) is 15.0. The Labute approximate surface area is 132 Å². The van der Waals surface area contributed by atoms with Gasteiger partial charge in [0.2, 0.25) is 0 Å². The molecule has 0 aromatic heterocycles. The third-order valence-corrected chi connectivity index (χ3v) is 4.36. The first kappa shape index (κ1) is 14.0. The lowest BCUT2D eigenvalue weighted by Gasteiger charge is -2.25. The maximum Gasteiger partial charge on any atom is 0.161 e. The van der Waals surface area contributed by atoms with Crippen molar-refractivity contribution in [2.75, 3.05) is 14.2 Å². The molecule has 21 heavy (non-hydrogen) atoms. The van der Waals surface area contributed by atoms with Crippen LogP contribution in [0.3, 0.4) is 0 Å². The maximum absolute atomic E-state index is 9.44. The normalized spacial score (nSPS) is 15.6. The molecule has 0 amide bonds. The number of benzene rings is 2. The second kappa shape index (κ2) is 5.42. The third kappa shape index (κ3) is 2.28. The minimum absolute atomic E-state index is 0.126. The summed E-state index contributed by atoms with van der Waals surface area (Å²) in [4.78, 5) is 0. The summed E-state index contributed by atoms with van der Waals surface area (Å²) in [6.07, 6.45) is 0.695. The van der Waals surface area contributed by atoms with Crippen molar-refractivity contribution in [2.45, 2.75) is 12.3 Å². The Morgan fingerprint density at radius 1 is 1.10 bits per heavy atom. The fourth-order valence-corrected chi connectivity index (χ4v) is 3.21. The Kier molecular flexibility index (Phi) is 3.60. The van der Waals surface area contributed by atoms with Gasteiger partial charge in [-0.05, 0) is 52.9 Å². The van der Waals surface area contributed by atoms with Crippen LogP contribution in [-0.4, -0.2) is 14.2 Å². The molecule has 1 aliphatic carbocycles. The Bertz CT molecular complexity index is 749. The highest BCUT2D eigenvalue weighted by atomic mass is 79.9. The summed E-state index contributed by atoms with van der Waals surface area (Å²) >= 11 is 3.51. The number of nitriles is 1. The van der Waals surface area contributed by atoms with Gasteiger partial charge in [-0.1, -0.05) is 22.0 Å². The van der Waals surface area contributed by atoms with Crippen LogP contribution in [0, 0.1) is 11.3 Å². The zero-order valence-corrected chi connectivity index (χ0v) is 13.4. The van der Waals surface area contributed by atoms with Crippen LogP contribution in [0.15, 0.2) is 34.8 Å². The maximum atomic E-state index is 9.44. The molecule has 3 nitrogen and oxygen atoms in total.